The first-order valence-corrected chi connectivity index (χ1v) is 12.3. The molecular formula is C25H47N3. The predicted molar refractivity (Wildman–Crippen MR) is 120 cm³/mol. The van der Waals surface area contributed by atoms with Gasteiger partial charge in [0.05, 0.1) is 0 Å². The third-order valence-electron chi connectivity index (χ3n) is 8.88. The van der Waals surface area contributed by atoms with Gasteiger partial charge in [-0.05, 0) is 102 Å². The maximum Gasteiger partial charge on any atom is 0.0223 e. The summed E-state index contributed by atoms with van der Waals surface area (Å²) in [4.78, 5) is 8.48. The lowest BCUT2D eigenvalue weighted by atomic mass is 9.79. The maximum atomic E-state index is 2.91. The second-order valence-electron chi connectivity index (χ2n) is 12.7. The highest BCUT2D eigenvalue weighted by molar-refractivity contribution is 4.98. The zero-order chi connectivity index (χ0) is 20.1. The standard InChI is InChI=1S/C25H47N3/c1-24(2,3)21-14-19-16-27(17-20(19)15-21)22-9-12-26(13-10-22)23-8-7-11-28(18-23)25(4,5)6/h19-23H,7-18H2,1-6H3. The summed E-state index contributed by atoms with van der Waals surface area (Å²) < 4.78 is 0. The fraction of sp³-hybridized carbons (Fsp3) is 1.00. The van der Waals surface area contributed by atoms with Crippen molar-refractivity contribution < 1.29 is 0 Å². The highest BCUT2D eigenvalue weighted by atomic mass is 15.3. The molecular weight excluding hydrogens is 342 g/mol. The van der Waals surface area contributed by atoms with E-state index in [-0.39, 0.29) is 0 Å². The van der Waals surface area contributed by atoms with Crippen molar-refractivity contribution in [2.45, 2.75) is 97.7 Å². The minimum atomic E-state index is 0.329. The van der Waals surface area contributed by atoms with Crippen LogP contribution >= 0.6 is 0 Å². The van der Waals surface area contributed by atoms with Crippen LogP contribution in [-0.4, -0.2) is 71.6 Å². The Labute approximate surface area is 175 Å². The first-order valence-electron chi connectivity index (χ1n) is 12.3. The fourth-order valence-corrected chi connectivity index (χ4v) is 6.82. The molecule has 0 spiro atoms. The molecule has 0 aromatic carbocycles. The van der Waals surface area contributed by atoms with Gasteiger partial charge < -0.3 is 0 Å². The van der Waals surface area contributed by atoms with Crippen molar-refractivity contribution in [2.24, 2.45) is 23.2 Å². The monoisotopic (exact) mass is 389 g/mol. The summed E-state index contributed by atoms with van der Waals surface area (Å²) in [6.45, 7) is 22.6. The third kappa shape index (κ3) is 4.47. The number of nitrogens with zero attached hydrogens (tertiary/aromatic N) is 3. The van der Waals surface area contributed by atoms with Crippen LogP contribution in [0.25, 0.3) is 0 Å². The Hall–Kier alpha value is -0.120. The van der Waals surface area contributed by atoms with E-state index in [9.17, 15) is 0 Å². The van der Waals surface area contributed by atoms with Gasteiger partial charge in [-0.15, -0.1) is 0 Å². The third-order valence-corrected chi connectivity index (χ3v) is 8.88. The van der Waals surface area contributed by atoms with E-state index in [1.54, 1.807) is 0 Å². The van der Waals surface area contributed by atoms with Gasteiger partial charge in [0.25, 0.3) is 0 Å². The molecule has 3 saturated heterocycles. The SMILES string of the molecule is CC(C)(C)C1CC2CN(C3CCN(C4CCCN(C(C)(C)C)C4)CC3)CC2C1. The maximum absolute atomic E-state index is 2.91. The van der Waals surface area contributed by atoms with Crippen LogP contribution in [0.15, 0.2) is 0 Å². The summed E-state index contributed by atoms with van der Waals surface area (Å²) in [6.07, 6.45) is 8.61. The molecule has 28 heavy (non-hydrogen) atoms. The quantitative estimate of drug-likeness (QED) is 0.677. The molecule has 3 heteroatoms. The second kappa shape index (κ2) is 7.85. The van der Waals surface area contributed by atoms with E-state index in [2.05, 4.69) is 56.2 Å². The molecule has 0 N–H and O–H groups in total. The summed E-state index contributed by atoms with van der Waals surface area (Å²) in [5, 5.41) is 0. The molecule has 4 fully saturated rings. The molecule has 1 aliphatic carbocycles. The first kappa shape index (κ1) is 21.1. The van der Waals surface area contributed by atoms with Crippen molar-refractivity contribution >= 4 is 0 Å². The molecule has 4 aliphatic rings. The highest BCUT2D eigenvalue weighted by Crippen LogP contribution is 2.49. The van der Waals surface area contributed by atoms with Gasteiger partial charge >= 0.3 is 0 Å². The molecule has 3 heterocycles. The van der Waals surface area contributed by atoms with E-state index < -0.39 is 0 Å². The molecule has 1 saturated carbocycles. The summed E-state index contributed by atoms with van der Waals surface area (Å²) in [6, 6.07) is 1.68. The van der Waals surface area contributed by atoms with Crippen molar-refractivity contribution in [3.8, 4) is 0 Å². The van der Waals surface area contributed by atoms with Crippen LogP contribution in [-0.2, 0) is 0 Å². The van der Waals surface area contributed by atoms with Crippen LogP contribution in [0.5, 0.6) is 0 Å². The zero-order valence-electron chi connectivity index (χ0n) is 19.7. The number of piperidine rings is 2. The number of hydrogen-bond donors (Lipinski definition) is 0. The van der Waals surface area contributed by atoms with E-state index in [1.807, 2.05) is 0 Å². The van der Waals surface area contributed by atoms with E-state index in [1.165, 1.54) is 77.8 Å². The fourth-order valence-electron chi connectivity index (χ4n) is 6.82. The predicted octanol–water partition coefficient (Wildman–Crippen LogP) is 4.72. The van der Waals surface area contributed by atoms with Gasteiger partial charge in [-0.1, -0.05) is 20.8 Å². The molecule has 0 aromatic heterocycles. The van der Waals surface area contributed by atoms with Crippen LogP contribution in [0, 0.1) is 23.2 Å². The van der Waals surface area contributed by atoms with Crippen molar-refractivity contribution in [3.05, 3.63) is 0 Å². The minimum absolute atomic E-state index is 0.329. The summed E-state index contributed by atoms with van der Waals surface area (Å²) in [7, 11) is 0. The Kier molecular flexibility index (Phi) is 5.92. The molecule has 0 aromatic rings. The van der Waals surface area contributed by atoms with Crippen molar-refractivity contribution in [2.75, 3.05) is 39.3 Å². The van der Waals surface area contributed by atoms with Crippen molar-refractivity contribution in [3.63, 3.8) is 0 Å². The molecule has 3 atom stereocenters. The number of likely N-dealkylation sites (tertiary alicyclic amines) is 3. The molecule has 3 aliphatic heterocycles. The molecule has 3 nitrogen and oxygen atoms in total. The van der Waals surface area contributed by atoms with Gasteiger partial charge in [0.1, 0.15) is 0 Å². The second-order valence-corrected chi connectivity index (χ2v) is 12.7. The molecule has 0 bridgehead atoms. The van der Waals surface area contributed by atoms with Gasteiger partial charge in [-0.2, -0.15) is 0 Å². The summed E-state index contributed by atoms with van der Waals surface area (Å²) in [5.74, 6) is 2.96. The number of hydrogen-bond acceptors (Lipinski definition) is 3. The highest BCUT2D eigenvalue weighted by Gasteiger charge is 2.46. The summed E-state index contributed by atoms with van der Waals surface area (Å²) >= 11 is 0. The molecule has 3 unspecified atom stereocenters. The average Bonchev–Trinajstić information content (AvgIpc) is 3.20. The molecule has 162 valence electrons. The minimum Gasteiger partial charge on any atom is -0.300 e. The largest absolute Gasteiger partial charge is 0.300 e. The van der Waals surface area contributed by atoms with Crippen molar-refractivity contribution in [1.82, 2.24) is 14.7 Å². The van der Waals surface area contributed by atoms with E-state index in [0.717, 1.165) is 29.8 Å². The average molecular weight is 390 g/mol. The van der Waals surface area contributed by atoms with E-state index in [0.29, 0.717) is 11.0 Å². The van der Waals surface area contributed by atoms with Crippen LogP contribution in [0.1, 0.15) is 80.1 Å². The Morgan fingerprint density at radius 3 is 1.79 bits per heavy atom. The van der Waals surface area contributed by atoms with Crippen LogP contribution in [0.2, 0.25) is 0 Å². The normalized spacial score (nSPS) is 37.5. The van der Waals surface area contributed by atoms with Gasteiger partial charge in [0.2, 0.25) is 0 Å². The zero-order valence-corrected chi connectivity index (χ0v) is 19.7. The van der Waals surface area contributed by atoms with E-state index >= 15 is 0 Å². The van der Waals surface area contributed by atoms with Crippen LogP contribution in [0.4, 0.5) is 0 Å². The lowest BCUT2D eigenvalue weighted by Crippen LogP contribution is -2.56. The van der Waals surface area contributed by atoms with Crippen LogP contribution in [0.3, 0.4) is 0 Å². The smallest absolute Gasteiger partial charge is 0.0223 e. The molecule has 0 amide bonds. The van der Waals surface area contributed by atoms with Gasteiger partial charge in [-0.3, -0.25) is 14.7 Å². The molecule has 4 rings (SSSR count). The Balaban J connectivity index is 1.25. The van der Waals surface area contributed by atoms with Crippen molar-refractivity contribution in [1.29, 1.82) is 0 Å². The lowest BCUT2D eigenvalue weighted by molar-refractivity contribution is 0.0213. The van der Waals surface area contributed by atoms with Gasteiger partial charge in [-0.25, -0.2) is 0 Å². The Morgan fingerprint density at radius 2 is 1.25 bits per heavy atom. The Bertz CT molecular complexity index is 509. The first-order chi connectivity index (χ1) is 13.1. The van der Waals surface area contributed by atoms with Gasteiger partial charge in [0.15, 0.2) is 0 Å². The number of fused-ring (bicyclic) bond motifs is 1. The summed E-state index contributed by atoms with van der Waals surface area (Å²) in [5.41, 5.74) is 0.844. The van der Waals surface area contributed by atoms with Gasteiger partial charge in [0, 0.05) is 37.3 Å². The lowest BCUT2D eigenvalue weighted by Gasteiger charge is -2.47. The number of rotatable bonds is 2. The topological polar surface area (TPSA) is 9.72 Å². The van der Waals surface area contributed by atoms with E-state index in [4.69, 9.17) is 0 Å². The van der Waals surface area contributed by atoms with Crippen LogP contribution < -0.4 is 0 Å². The Morgan fingerprint density at radius 1 is 0.643 bits per heavy atom. The molecule has 0 radical (unpaired) electrons.